The second kappa shape index (κ2) is 7.02. The predicted molar refractivity (Wildman–Crippen MR) is 88.1 cm³/mol. The number of benzene rings is 1. The molecule has 1 heterocycles. The van der Waals surface area contributed by atoms with Gasteiger partial charge in [0.15, 0.2) is 0 Å². The van der Waals surface area contributed by atoms with Crippen molar-refractivity contribution >= 4 is 37.8 Å². The Bertz CT molecular complexity index is 475. The molecule has 6 heteroatoms. The van der Waals surface area contributed by atoms with Crippen LogP contribution in [0, 0.1) is 0 Å². The minimum Gasteiger partial charge on any atom is -0.350 e. The first kappa shape index (κ1) is 15.9. The normalized spacial score (nSPS) is 20.9. The number of carbonyl (C=O) groups is 1. The summed E-state index contributed by atoms with van der Waals surface area (Å²) in [7, 11) is 4.23. The van der Waals surface area contributed by atoms with Crippen LogP contribution in [0.3, 0.4) is 0 Å². The van der Waals surface area contributed by atoms with E-state index in [1.807, 2.05) is 18.2 Å². The molecule has 1 aromatic carbocycles. The van der Waals surface area contributed by atoms with Crippen molar-refractivity contribution in [1.82, 2.24) is 15.1 Å². The fourth-order valence-electron chi connectivity index (χ4n) is 2.32. The Balaban J connectivity index is 1.94. The molecule has 1 aliphatic heterocycles. The van der Waals surface area contributed by atoms with Gasteiger partial charge in [-0.2, -0.15) is 0 Å². The summed E-state index contributed by atoms with van der Waals surface area (Å²) in [4.78, 5) is 16.8. The maximum atomic E-state index is 12.2. The number of nitrogens with zero attached hydrogens (tertiary/aromatic N) is 2. The summed E-state index contributed by atoms with van der Waals surface area (Å²) in [6.07, 6.45) is 0. The first-order valence-electron chi connectivity index (χ1n) is 6.59. The van der Waals surface area contributed by atoms with E-state index in [4.69, 9.17) is 0 Å². The lowest BCUT2D eigenvalue weighted by Gasteiger charge is -2.37. The van der Waals surface area contributed by atoms with E-state index < -0.39 is 0 Å². The first-order valence-corrected chi connectivity index (χ1v) is 8.17. The molecule has 0 saturated carbocycles. The molecule has 0 bridgehead atoms. The molecule has 110 valence electrons. The molecule has 1 saturated heterocycles. The van der Waals surface area contributed by atoms with Gasteiger partial charge in [-0.3, -0.25) is 9.69 Å². The van der Waals surface area contributed by atoms with Gasteiger partial charge in [0.1, 0.15) is 0 Å². The number of nitrogens with one attached hydrogen (secondary N) is 1. The Morgan fingerprint density at radius 1 is 1.25 bits per heavy atom. The molecule has 1 atom stereocenters. The summed E-state index contributed by atoms with van der Waals surface area (Å²) in [6.45, 7) is 3.78. The lowest BCUT2D eigenvalue weighted by Crippen LogP contribution is -2.54. The number of hydrogen-bond donors (Lipinski definition) is 1. The topological polar surface area (TPSA) is 35.6 Å². The van der Waals surface area contributed by atoms with E-state index in [1.54, 1.807) is 0 Å². The lowest BCUT2D eigenvalue weighted by molar-refractivity contribution is 0.0881. The van der Waals surface area contributed by atoms with Crippen LogP contribution in [0.25, 0.3) is 0 Å². The van der Waals surface area contributed by atoms with Gasteiger partial charge >= 0.3 is 0 Å². The Morgan fingerprint density at radius 3 is 2.55 bits per heavy atom. The first-order chi connectivity index (χ1) is 9.45. The van der Waals surface area contributed by atoms with Crippen LogP contribution in [0.4, 0.5) is 0 Å². The molecule has 2 rings (SSSR count). The smallest absolute Gasteiger partial charge is 0.251 e. The number of likely N-dealkylation sites (N-methyl/N-ethyl adjacent to an activating group) is 2. The van der Waals surface area contributed by atoms with Crippen LogP contribution < -0.4 is 5.32 Å². The van der Waals surface area contributed by atoms with E-state index in [2.05, 4.69) is 61.1 Å². The number of piperazine rings is 1. The van der Waals surface area contributed by atoms with Crippen molar-refractivity contribution in [2.45, 2.75) is 6.04 Å². The Hall–Kier alpha value is -0.430. The zero-order valence-corrected chi connectivity index (χ0v) is 14.9. The van der Waals surface area contributed by atoms with E-state index in [1.165, 1.54) is 0 Å². The summed E-state index contributed by atoms with van der Waals surface area (Å²) in [5.41, 5.74) is 0.665. The lowest BCUT2D eigenvalue weighted by atomic mass is 10.1. The van der Waals surface area contributed by atoms with Crippen LogP contribution in [-0.2, 0) is 0 Å². The van der Waals surface area contributed by atoms with Gasteiger partial charge in [-0.1, -0.05) is 31.9 Å². The van der Waals surface area contributed by atoms with Gasteiger partial charge in [0.05, 0.1) is 0 Å². The van der Waals surface area contributed by atoms with Gasteiger partial charge in [-0.15, -0.1) is 0 Å². The Labute approximate surface area is 136 Å². The van der Waals surface area contributed by atoms with Gasteiger partial charge in [0.2, 0.25) is 0 Å². The molecular weight excluding hydrogens is 386 g/mol. The van der Waals surface area contributed by atoms with Crippen LogP contribution in [0.1, 0.15) is 10.4 Å². The standard InChI is InChI=1S/C14H19Br2N3O/c1-18-3-4-19(2)13(9-18)8-17-14(20)10-5-11(15)7-12(16)6-10/h5-7,13H,3-4,8-9H2,1-2H3,(H,17,20). The molecule has 4 nitrogen and oxygen atoms in total. The summed E-state index contributed by atoms with van der Waals surface area (Å²) in [5, 5.41) is 3.03. The van der Waals surface area contributed by atoms with Gasteiger partial charge < -0.3 is 10.2 Å². The summed E-state index contributed by atoms with van der Waals surface area (Å²) >= 11 is 6.80. The van der Waals surface area contributed by atoms with Crippen molar-refractivity contribution in [3.63, 3.8) is 0 Å². The third-order valence-corrected chi connectivity index (χ3v) is 4.52. The van der Waals surface area contributed by atoms with E-state index >= 15 is 0 Å². The average Bonchev–Trinajstić information content (AvgIpc) is 2.38. The van der Waals surface area contributed by atoms with Crippen molar-refractivity contribution in [1.29, 1.82) is 0 Å². The van der Waals surface area contributed by atoms with E-state index in [-0.39, 0.29) is 5.91 Å². The van der Waals surface area contributed by atoms with Gasteiger partial charge in [0, 0.05) is 46.7 Å². The molecule has 0 spiro atoms. The predicted octanol–water partition coefficient (Wildman–Crippen LogP) is 2.19. The fourth-order valence-corrected chi connectivity index (χ4v) is 3.61. The largest absolute Gasteiger partial charge is 0.350 e. The van der Waals surface area contributed by atoms with Crippen molar-refractivity contribution in [3.05, 3.63) is 32.7 Å². The SMILES string of the molecule is CN1CCN(C)C(CNC(=O)c2cc(Br)cc(Br)c2)C1. The molecule has 1 amide bonds. The minimum atomic E-state index is -0.0337. The maximum absolute atomic E-state index is 12.2. The van der Waals surface area contributed by atoms with E-state index in [0.29, 0.717) is 18.2 Å². The highest BCUT2D eigenvalue weighted by molar-refractivity contribution is 9.11. The highest BCUT2D eigenvalue weighted by Crippen LogP contribution is 2.20. The van der Waals surface area contributed by atoms with Gasteiger partial charge in [0.25, 0.3) is 5.91 Å². The second-order valence-corrected chi connectivity index (χ2v) is 7.10. The van der Waals surface area contributed by atoms with Crippen LogP contribution >= 0.6 is 31.9 Å². The zero-order valence-electron chi connectivity index (χ0n) is 11.7. The van der Waals surface area contributed by atoms with Crippen molar-refractivity contribution in [2.75, 3.05) is 40.3 Å². The van der Waals surface area contributed by atoms with Crippen LogP contribution in [0.5, 0.6) is 0 Å². The number of amides is 1. The van der Waals surface area contributed by atoms with Gasteiger partial charge in [-0.05, 0) is 32.3 Å². The van der Waals surface area contributed by atoms with E-state index in [0.717, 1.165) is 28.6 Å². The monoisotopic (exact) mass is 403 g/mol. The summed E-state index contributed by atoms with van der Waals surface area (Å²) in [5.74, 6) is -0.0337. The molecule has 0 aliphatic carbocycles. The molecule has 20 heavy (non-hydrogen) atoms. The van der Waals surface area contributed by atoms with Gasteiger partial charge in [-0.25, -0.2) is 0 Å². The second-order valence-electron chi connectivity index (χ2n) is 5.26. The third-order valence-electron chi connectivity index (χ3n) is 3.60. The Morgan fingerprint density at radius 2 is 1.90 bits per heavy atom. The number of rotatable bonds is 3. The number of carbonyl (C=O) groups excluding carboxylic acids is 1. The molecule has 0 radical (unpaired) electrons. The zero-order chi connectivity index (χ0) is 14.7. The van der Waals surface area contributed by atoms with Crippen LogP contribution in [0.2, 0.25) is 0 Å². The summed E-state index contributed by atoms with van der Waals surface area (Å²) < 4.78 is 1.79. The van der Waals surface area contributed by atoms with Crippen molar-refractivity contribution in [2.24, 2.45) is 0 Å². The molecule has 1 aromatic rings. The van der Waals surface area contributed by atoms with Crippen LogP contribution in [-0.4, -0.2) is 62.0 Å². The highest BCUT2D eigenvalue weighted by Gasteiger charge is 2.22. The molecule has 1 unspecified atom stereocenters. The highest BCUT2D eigenvalue weighted by atomic mass is 79.9. The molecular formula is C14H19Br2N3O. The maximum Gasteiger partial charge on any atom is 0.251 e. The molecule has 1 N–H and O–H groups in total. The van der Waals surface area contributed by atoms with Crippen LogP contribution in [0.15, 0.2) is 27.1 Å². The number of halogens is 2. The quantitative estimate of drug-likeness (QED) is 0.838. The third kappa shape index (κ3) is 4.28. The van der Waals surface area contributed by atoms with Crippen molar-refractivity contribution in [3.8, 4) is 0 Å². The molecule has 0 aromatic heterocycles. The Kier molecular flexibility index (Phi) is 5.60. The summed E-state index contributed by atoms with van der Waals surface area (Å²) in [6, 6.07) is 5.95. The van der Waals surface area contributed by atoms with Crippen molar-refractivity contribution < 1.29 is 4.79 Å². The fraction of sp³-hybridized carbons (Fsp3) is 0.500. The average molecular weight is 405 g/mol. The minimum absolute atomic E-state index is 0.0337. The molecule has 1 fully saturated rings. The van der Waals surface area contributed by atoms with E-state index in [9.17, 15) is 4.79 Å². The number of hydrogen-bond acceptors (Lipinski definition) is 3. The molecule has 1 aliphatic rings.